The Morgan fingerprint density at radius 1 is 1.09 bits per heavy atom. The van der Waals surface area contributed by atoms with Crippen molar-refractivity contribution >= 4 is 5.97 Å². The number of aliphatic hydroxyl groups is 1. The van der Waals surface area contributed by atoms with Crippen molar-refractivity contribution in [1.29, 1.82) is 0 Å². The van der Waals surface area contributed by atoms with E-state index in [1.165, 1.54) is 32.1 Å². The Balaban J connectivity index is 1.58. The molecule has 0 spiro atoms. The highest BCUT2D eigenvalue weighted by atomic mass is 16.4. The highest BCUT2D eigenvalue weighted by Crippen LogP contribution is 2.74. The summed E-state index contributed by atoms with van der Waals surface area (Å²) in [5, 5.41) is 19.9. The molecular weight excluding hydrogens is 408 g/mol. The highest BCUT2D eigenvalue weighted by Gasteiger charge is 2.67. The van der Waals surface area contributed by atoms with Crippen molar-refractivity contribution in [2.75, 3.05) is 0 Å². The van der Waals surface area contributed by atoms with E-state index in [2.05, 4.69) is 47.6 Å². The average molecular weight is 457 g/mol. The normalized spacial score (nSPS) is 45.5. The Kier molecular flexibility index (Phi) is 6.25. The van der Waals surface area contributed by atoms with Gasteiger partial charge in [-0.3, -0.25) is 0 Å². The van der Waals surface area contributed by atoms with Crippen molar-refractivity contribution in [3.63, 3.8) is 0 Å². The smallest absolute Gasteiger partial charge is 0.330 e. The summed E-state index contributed by atoms with van der Waals surface area (Å²) in [4.78, 5) is 11.1. The molecule has 0 radical (unpaired) electrons. The first-order chi connectivity index (χ1) is 15.3. The molecule has 33 heavy (non-hydrogen) atoms. The van der Waals surface area contributed by atoms with Gasteiger partial charge in [0, 0.05) is 11.0 Å². The first-order valence-electron chi connectivity index (χ1n) is 13.6. The van der Waals surface area contributed by atoms with Crippen LogP contribution in [0.25, 0.3) is 0 Å². The molecule has 3 saturated carbocycles. The lowest BCUT2D eigenvalue weighted by Crippen LogP contribution is -2.59. The maximum Gasteiger partial charge on any atom is 0.330 e. The second-order valence-electron chi connectivity index (χ2n) is 13.5. The van der Waals surface area contributed by atoms with Crippen LogP contribution in [0.1, 0.15) is 106 Å². The molecule has 0 bridgehead atoms. The number of carboxylic acids is 1. The fraction of sp³-hybridized carbons (Fsp3) is 0.833. The summed E-state index contributed by atoms with van der Waals surface area (Å²) in [6.45, 7) is 16.5. The van der Waals surface area contributed by atoms with Gasteiger partial charge in [0.25, 0.3) is 0 Å². The molecule has 0 aromatic carbocycles. The topological polar surface area (TPSA) is 57.5 Å². The molecule has 186 valence electrons. The van der Waals surface area contributed by atoms with Gasteiger partial charge in [0.05, 0.1) is 6.10 Å². The maximum atomic E-state index is 11.1. The van der Waals surface area contributed by atoms with Gasteiger partial charge in [-0.15, -0.1) is 0 Å². The van der Waals surface area contributed by atoms with Crippen molar-refractivity contribution < 1.29 is 15.0 Å². The van der Waals surface area contributed by atoms with Gasteiger partial charge in [-0.1, -0.05) is 59.3 Å². The monoisotopic (exact) mass is 456 g/mol. The predicted octanol–water partition coefficient (Wildman–Crippen LogP) is 7.40. The molecule has 4 aliphatic carbocycles. The van der Waals surface area contributed by atoms with Crippen LogP contribution in [0, 0.1) is 45.3 Å². The predicted molar refractivity (Wildman–Crippen MR) is 135 cm³/mol. The van der Waals surface area contributed by atoms with Gasteiger partial charge in [0.2, 0.25) is 0 Å². The largest absolute Gasteiger partial charge is 0.478 e. The van der Waals surface area contributed by atoms with Crippen molar-refractivity contribution in [2.24, 2.45) is 45.3 Å². The van der Waals surface area contributed by atoms with Crippen LogP contribution in [0.3, 0.4) is 0 Å². The summed E-state index contributed by atoms with van der Waals surface area (Å²) in [5.41, 5.74) is 2.99. The van der Waals surface area contributed by atoms with Crippen LogP contribution in [-0.2, 0) is 4.79 Å². The molecule has 4 rings (SSSR count). The van der Waals surface area contributed by atoms with Crippen LogP contribution >= 0.6 is 0 Å². The number of hydrogen-bond donors (Lipinski definition) is 2. The van der Waals surface area contributed by atoms with Gasteiger partial charge >= 0.3 is 5.97 Å². The molecule has 0 aliphatic heterocycles. The molecule has 4 aliphatic rings. The lowest BCUT2D eigenvalue weighted by Gasteiger charge is -2.66. The van der Waals surface area contributed by atoms with Gasteiger partial charge in [-0.05, 0) is 105 Å². The van der Waals surface area contributed by atoms with Crippen molar-refractivity contribution in [1.82, 2.24) is 0 Å². The van der Waals surface area contributed by atoms with Crippen LogP contribution in [0.2, 0.25) is 0 Å². The number of aliphatic carboxylic acids is 1. The standard InChI is InChI=1S/C30H48O3/c1-19(9-8-10-20(2)26(32)33)21-15-16-30(7)24-13-11-22-23(12-14-25(31)27(22,3)4)28(24,5)17-18-29(21,30)6/h10-11,19,21,23-25,31H,8-9,12-18H2,1-7H3,(H,32,33)/b20-10+/t19-,21+,23+,24+,25-,28-,29+,30-/m0/s1. The zero-order valence-corrected chi connectivity index (χ0v) is 22.2. The number of carboxylic acid groups (broad SMARTS) is 1. The zero-order valence-electron chi connectivity index (χ0n) is 22.2. The fourth-order valence-electron chi connectivity index (χ4n) is 9.48. The van der Waals surface area contributed by atoms with E-state index in [1.54, 1.807) is 12.5 Å². The second-order valence-corrected chi connectivity index (χ2v) is 13.5. The third kappa shape index (κ3) is 3.58. The van der Waals surface area contributed by atoms with E-state index in [9.17, 15) is 9.90 Å². The molecule has 0 unspecified atom stereocenters. The summed E-state index contributed by atoms with van der Waals surface area (Å²) >= 11 is 0. The van der Waals surface area contributed by atoms with Crippen LogP contribution in [0.5, 0.6) is 0 Å². The molecule has 8 atom stereocenters. The Labute approximate surface area is 202 Å². The first-order valence-corrected chi connectivity index (χ1v) is 13.6. The Morgan fingerprint density at radius 2 is 1.79 bits per heavy atom. The lowest BCUT2D eigenvalue weighted by molar-refractivity contribution is -0.145. The van der Waals surface area contributed by atoms with E-state index in [-0.39, 0.29) is 11.5 Å². The Morgan fingerprint density at radius 3 is 2.45 bits per heavy atom. The van der Waals surface area contributed by atoms with Crippen LogP contribution in [0.15, 0.2) is 23.3 Å². The van der Waals surface area contributed by atoms with Gasteiger partial charge in [0.15, 0.2) is 0 Å². The van der Waals surface area contributed by atoms with Crippen molar-refractivity contribution in [3.05, 3.63) is 23.3 Å². The highest BCUT2D eigenvalue weighted by molar-refractivity contribution is 5.85. The van der Waals surface area contributed by atoms with Gasteiger partial charge in [-0.25, -0.2) is 4.79 Å². The number of rotatable bonds is 5. The van der Waals surface area contributed by atoms with Crippen molar-refractivity contribution in [3.8, 4) is 0 Å². The fourth-order valence-corrected chi connectivity index (χ4v) is 9.48. The minimum absolute atomic E-state index is 0.0904. The van der Waals surface area contributed by atoms with Crippen LogP contribution in [-0.4, -0.2) is 22.3 Å². The molecule has 3 fully saturated rings. The maximum absolute atomic E-state index is 11.1. The third-order valence-corrected chi connectivity index (χ3v) is 12.0. The zero-order chi connectivity index (χ0) is 24.4. The van der Waals surface area contributed by atoms with Crippen LogP contribution in [0.4, 0.5) is 0 Å². The molecule has 0 saturated heterocycles. The molecule has 0 aromatic rings. The SMILES string of the molecule is C/C(=C\CC[C@H](C)[C@H]1CC[C@@]2(C)[C@@H]3CC=C4[C@@H](CC[C@H](O)C4(C)C)[C@]3(C)CC[C@]12C)C(=O)O. The van der Waals surface area contributed by atoms with Crippen LogP contribution < -0.4 is 0 Å². The number of fused-ring (bicyclic) bond motifs is 5. The quantitative estimate of drug-likeness (QED) is 0.335. The molecule has 2 N–H and O–H groups in total. The molecular formula is C30H48O3. The Bertz CT molecular complexity index is 853. The summed E-state index contributed by atoms with van der Waals surface area (Å²) in [6.07, 6.45) is 14.7. The number of carbonyl (C=O) groups is 1. The molecule has 3 heteroatoms. The minimum Gasteiger partial charge on any atom is -0.478 e. The van der Waals surface area contributed by atoms with E-state index in [1.807, 2.05) is 6.08 Å². The third-order valence-electron chi connectivity index (χ3n) is 12.0. The summed E-state index contributed by atoms with van der Waals surface area (Å²) in [7, 11) is 0. The second kappa shape index (κ2) is 8.25. The molecule has 0 amide bonds. The summed E-state index contributed by atoms with van der Waals surface area (Å²) in [6, 6.07) is 0. The van der Waals surface area contributed by atoms with Gasteiger partial charge < -0.3 is 10.2 Å². The van der Waals surface area contributed by atoms with E-state index in [0.29, 0.717) is 33.7 Å². The van der Waals surface area contributed by atoms with E-state index < -0.39 is 5.97 Å². The minimum atomic E-state index is -0.794. The van der Waals surface area contributed by atoms with Gasteiger partial charge in [-0.2, -0.15) is 0 Å². The number of hydrogen-bond acceptors (Lipinski definition) is 2. The Hall–Kier alpha value is -1.09. The number of aliphatic hydroxyl groups excluding tert-OH is 1. The average Bonchev–Trinajstić information content (AvgIpc) is 3.02. The molecule has 0 heterocycles. The van der Waals surface area contributed by atoms with E-state index in [0.717, 1.165) is 37.5 Å². The lowest BCUT2D eigenvalue weighted by atomic mass is 9.39. The molecule has 0 aromatic heterocycles. The van der Waals surface area contributed by atoms with E-state index >= 15 is 0 Å². The van der Waals surface area contributed by atoms with Gasteiger partial charge in [0.1, 0.15) is 0 Å². The summed E-state index contributed by atoms with van der Waals surface area (Å²) in [5.74, 6) is 1.89. The first kappa shape index (κ1) is 25.0. The van der Waals surface area contributed by atoms with E-state index in [4.69, 9.17) is 5.11 Å². The summed E-state index contributed by atoms with van der Waals surface area (Å²) < 4.78 is 0. The molecule has 3 nitrogen and oxygen atoms in total. The van der Waals surface area contributed by atoms with Crippen molar-refractivity contribution in [2.45, 2.75) is 112 Å². The number of allylic oxidation sites excluding steroid dienone is 2.